The van der Waals surface area contributed by atoms with Gasteiger partial charge in [-0.1, -0.05) is 13.8 Å². The maximum absolute atomic E-state index is 10.7. The Morgan fingerprint density at radius 3 is 2.50 bits per heavy atom. The molecular formula is C8H17NO2S. The van der Waals surface area contributed by atoms with Crippen molar-refractivity contribution in [2.24, 2.45) is 5.73 Å². The molecule has 0 saturated carbocycles. The minimum atomic E-state index is -1.01. The summed E-state index contributed by atoms with van der Waals surface area (Å²) < 4.78 is 0. The average molecular weight is 191 g/mol. The van der Waals surface area contributed by atoms with E-state index < -0.39 is 11.5 Å². The van der Waals surface area contributed by atoms with E-state index in [9.17, 15) is 4.79 Å². The van der Waals surface area contributed by atoms with Gasteiger partial charge in [0.05, 0.1) is 0 Å². The summed E-state index contributed by atoms with van der Waals surface area (Å²) in [5.41, 5.74) is 4.66. The van der Waals surface area contributed by atoms with Gasteiger partial charge in [0.1, 0.15) is 5.54 Å². The second-order valence-corrected chi connectivity index (χ2v) is 4.16. The van der Waals surface area contributed by atoms with Gasteiger partial charge in [0.25, 0.3) is 0 Å². The molecular weight excluding hydrogens is 174 g/mol. The quantitative estimate of drug-likeness (QED) is 0.622. The third kappa shape index (κ3) is 3.45. The van der Waals surface area contributed by atoms with Crippen LogP contribution in [0.3, 0.4) is 0 Å². The molecule has 0 aromatic rings. The highest BCUT2D eigenvalue weighted by atomic mass is 32.2. The van der Waals surface area contributed by atoms with E-state index >= 15 is 0 Å². The number of hydrogen-bond donors (Lipinski definition) is 2. The van der Waals surface area contributed by atoms with Crippen LogP contribution in [0.5, 0.6) is 0 Å². The first-order chi connectivity index (χ1) is 5.56. The van der Waals surface area contributed by atoms with Gasteiger partial charge in [-0.05, 0) is 24.3 Å². The lowest BCUT2D eigenvalue weighted by molar-refractivity contribution is -0.143. The minimum absolute atomic E-state index is 0.493. The predicted octanol–water partition coefficient (Wildman–Crippen LogP) is 1.32. The molecule has 0 rings (SSSR count). The fourth-order valence-electron chi connectivity index (χ4n) is 0.834. The van der Waals surface area contributed by atoms with Crippen molar-refractivity contribution in [1.29, 1.82) is 0 Å². The largest absolute Gasteiger partial charge is 0.480 e. The van der Waals surface area contributed by atoms with Crippen LogP contribution < -0.4 is 5.73 Å². The molecule has 0 bridgehead atoms. The third-order valence-corrected chi connectivity index (χ3v) is 2.85. The molecule has 0 saturated heterocycles. The molecule has 0 aliphatic heterocycles. The predicted molar refractivity (Wildman–Crippen MR) is 52.5 cm³/mol. The van der Waals surface area contributed by atoms with Crippen LogP contribution in [0.15, 0.2) is 0 Å². The molecule has 72 valence electrons. The fraction of sp³-hybridized carbons (Fsp3) is 0.875. The number of carboxylic acids is 1. The van der Waals surface area contributed by atoms with E-state index in [-0.39, 0.29) is 0 Å². The average Bonchev–Trinajstić information content (AvgIpc) is 2.04. The number of aliphatic carboxylic acids is 1. The summed E-state index contributed by atoms with van der Waals surface area (Å²) in [4.78, 5) is 10.7. The molecule has 0 aliphatic carbocycles. The Morgan fingerprint density at radius 1 is 1.58 bits per heavy atom. The highest BCUT2D eigenvalue weighted by Gasteiger charge is 2.30. The van der Waals surface area contributed by atoms with Gasteiger partial charge in [-0.15, -0.1) is 0 Å². The fourth-order valence-corrected chi connectivity index (χ4v) is 1.63. The first-order valence-corrected chi connectivity index (χ1v) is 5.32. The van der Waals surface area contributed by atoms with Crippen molar-refractivity contribution in [1.82, 2.24) is 0 Å². The topological polar surface area (TPSA) is 63.3 Å². The molecule has 3 nitrogen and oxygen atoms in total. The van der Waals surface area contributed by atoms with E-state index in [0.29, 0.717) is 12.8 Å². The van der Waals surface area contributed by atoms with Gasteiger partial charge in [-0.3, -0.25) is 4.79 Å². The second kappa shape index (κ2) is 5.43. The molecule has 0 heterocycles. The normalized spacial score (nSPS) is 15.6. The molecule has 12 heavy (non-hydrogen) atoms. The molecule has 3 N–H and O–H groups in total. The maximum atomic E-state index is 10.7. The highest BCUT2D eigenvalue weighted by molar-refractivity contribution is 7.99. The summed E-state index contributed by atoms with van der Waals surface area (Å²) >= 11 is 1.72. The standard InChI is InChI=1S/C8H17NO2S/c1-3-8(9,7(10)11)5-6-12-4-2/h3-6,9H2,1-2H3,(H,10,11)/t8-/m0/s1. The van der Waals surface area contributed by atoms with Crippen LogP contribution >= 0.6 is 11.8 Å². The van der Waals surface area contributed by atoms with Crippen molar-refractivity contribution >= 4 is 17.7 Å². The Hall–Kier alpha value is -0.220. The molecule has 0 fully saturated rings. The van der Waals surface area contributed by atoms with Crippen LogP contribution in [-0.2, 0) is 4.79 Å². The number of thioether (sulfide) groups is 1. The molecule has 4 heteroatoms. The van der Waals surface area contributed by atoms with Crippen molar-refractivity contribution in [2.75, 3.05) is 11.5 Å². The molecule has 0 aliphatic rings. The maximum Gasteiger partial charge on any atom is 0.323 e. The summed E-state index contributed by atoms with van der Waals surface area (Å²) in [6.07, 6.45) is 1.05. The smallest absolute Gasteiger partial charge is 0.323 e. The first kappa shape index (κ1) is 11.8. The van der Waals surface area contributed by atoms with Gasteiger partial charge in [-0.25, -0.2) is 0 Å². The van der Waals surface area contributed by atoms with Gasteiger partial charge >= 0.3 is 5.97 Å². The van der Waals surface area contributed by atoms with Crippen molar-refractivity contribution in [3.05, 3.63) is 0 Å². The lowest BCUT2D eigenvalue weighted by Gasteiger charge is -2.22. The molecule has 0 spiro atoms. The van der Waals surface area contributed by atoms with E-state index in [1.54, 1.807) is 11.8 Å². The van der Waals surface area contributed by atoms with Gasteiger partial charge in [0, 0.05) is 0 Å². The van der Waals surface area contributed by atoms with Gasteiger partial charge in [-0.2, -0.15) is 11.8 Å². The van der Waals surface area contributed by atoms with Crippen molar-refractivity contribution < 1.29 is 9.90 Å². The van der Waals surface area contributed by atoms with Crippen molar-refractivity contribution in [3.8, 4) is 0 Å². The zero-order valence-corrected chi connectivity index (χ0v) is 8.49. The van der Waals surface area contributed by atoms with E-state index in [2.05, 4.69) is 6.92 Å². The lowest BCUT2D eigenvalue weighted by Crippen LogP contribution is -2.47. The molecule has 0 radical (unpaired) electrons. The molecule has 0 aromatic carbocycles. The van der Waals surface area contributed by atoms with Crippen LogP contribution in [-0.4, -0.2) is 28.1 Å². The second-order valence-electron chi connectivity index (χ2n) is 2.76. The third-order valence-electron chi connectivity index (χ3n) is 1.95. The number of hydrogen-bond acceptors (Lipinski definition) is 3. The molecule has 1 atom stereocenters. The zero-order valence-electron chi connectivity index (χ0n) is 7.67. The number of rotatable bonds is 6. The van der Waals surface area contributed by atoms with Gasteiger partial charge in [0.2, 0.25) is 0 Å². The Bertz CT molecular complexity index is 152. The van der Waals surface area contributed by atoms with Gasteiger partial charge in [0.15, 0.2) is 0 Å². The molecule has 0 amide bonds. The first-order valence-electron chi connectivity index (χ1n) is 4.17. The van der Waals surface area contributed by atoms with E-state index in [0.717, 1.165) is 11.5 Å². The number of carbonyl (C=O) groups is 1. The Morgan fingerprint density at radius 2 is 2.17 bits per heavy atom. The Balaban J connectivity index is 3.88. The van der Waals surface area contributed by atoms with Crippen LogP contribution in [0.1, 0.15) is 26.7 Å². The summed E-state index contributed by atoms with van der Waals surface area (Å²) in [6, 6.07) is 0. The lowest BCUT2D eigenvalue weighted by atomic mass is 9.95. The highest BCUT2D eigenvalue weighted by Crippen LogP contribution is 2.15. The molecule has 0 unspecified atom stereocenters. The summed E-state index contributed by atoms with van der Waals surface area (Å²) in [6.45, 7) is 3.86. The zero-order chi connectivity index (χ0) is 9.61. The van der Waals surface area contributed by atoms with E-state index in [1.807, 2.05) is 6.92 Å². The number of nitrogens with two attached hydrogens (primary N) is 1. The van der Waals surface area contributed by atoms with Crippen LogP contribution in [0.2, 0.25) is 0 Å². The van der Waals surface area contributed by atoms with E-state index in [1.165, 1.54) is 0 Å². The number of carboxylic acid groups (broad SMARTS) is 1. The summed E-state index contributed by atoms with van der Waals surface area (Å²) in [5, 5.41) is 8.80. The van der Waals surface area contributed by atoms with Crippen molar-refractivity contribution in [3.63, 3.8) is 0 Å². The molecule has 0 aromatic heterocycles. The van der Waals surface area contributed by atoms with Crippen LogP contribution in [0.4, 0.5) is 0 Å². The van der Waals surface area contributed by atoms with Crippen molar-refractivity contribution in [2.45, 2.75) is 32.2 Å². The Kier molecular flexibility index (Phi) is 5.33. The Labute approximate surface area is 77.7 Å². The van der Waals surface area contributed by atoms with Crippen LogP contribution in [0.25, 0.3) is 0 Å². The monoisotopic (exact) mass is 191 g/mol. The SMILES string of the molecule is CCSCC[C@@](N)(CC)C(=O)O. The summed E-state index contributed by atoms with van der Waals surface area (Å²) in [5.74, 6) is 0.953. The van der Waals surface area contributed by atoms with E-state index in [4.69, 9.17) is 10.8 Å². The van der Waals surface area contributed by atoms with Gasteiger partial charge < -0.3 is 10.8 Å². The summed E-state index contributed by atoms with van der Waals surface area (Å²) in [7, 11) is 0. The minimum Gasteiger partial charge on any atom is -0.480 e. The van der Waals surface area contributed by atoms with Crippen LogP contribution in [0, 0.1) is 0 Å².